The Balaban J connectivity index is 1.96. The largest absolute Gasteiger partial charge is 0.335 e. The highest BCUT2D eigenvalue weighted by Crippen LogP contribution is 2.28. The van der Waals surface area contributed by atoms with Crippen LogP contribution in [0.3, 0.4) is 0 Å². The minimum atomic E-state index is 0.222. The summed E-state index contributed by atoms with van der Waals surface area (Å²) in [4.78, 5) is 15.7. The summed E-state index contributed by atoms with van der Waals surface area (Å²) >= 11 is 1.71. The Morgan fingerprint density at radius 3 is 2.84 bits per heavy atom. The van der Waals surface area contributed by atoms with Crippen LogP contribution in [0.2, 0.25) is 0 Å². The van der Waals surface area contributed by atoms with Crippen LogP contribution >= 0.6 is 11.3 Å². The van der Waals surface area contributed by atoms with Gasteiger partial charge in [0.2, 0.25) is 5.91 Å². The second kappa shape index (κ2) is 6.53. The van der Waals surface area contributed by atoms with Crippen LogP contribution in [0.15, 0.2) is 17.5 Å². The van der Waals surface area contributed by atoms with Crippen molar-refractivity contribution in [3.8, 4) is 0 Å². The molecule has 0 unspecified atom stereocenters. The lowest BCUT2D eigenvalue weighted by Gasteiger charge is -2.28. The zero-order chi connectivity index (χ0) is 13.8. The first-order chi connectivity index (χ1) is 9.08. The molecule has 0 bridgehead atoms. The van der Waals surface area contributed by atoms with Gasteiger partial charge in [-0.1, -0.05) is 12.5 Å². The fourth-order valence-electron chi connectivity index (χ4n) is 2.79. The van der Waals surface area contributed by atoms with E-state index in [4.69, 9.17) is 5.73 Å². The van der Waals surface area contributed by atoms with E-state index in [9.17, 15) is 4.79 Å². The van der Waals surface area contributed by atoms with Crippen molar-refractivity contribution < 1.29 is 4.79 Å². The monoisotopic (exact) mass is 280 g/mol. The van der Waals surface area contributed by atoms with Crippen LogP contribution in [0.4, 0.5) is 0 Å². The maximum absolute atomic E-state index is 12.5. The first kappa shape index (κ1) is 14.5. The third-order valence-corrected chi connectivity index (χ3v) is 4.87. The SMILES string of the molecule is CC(C)N(Cc1cccs1)C(=O)C[C@@H]1CCC[C@H]1N. The van der Waals surface area contributed by atoms with Gasteiger partial charge in [0.1, 0.15) is 0 Å². The maximum atomic E-state index is 12.5. The minimum Gasteiger partial charge on any atom is -0.335 e. The lowest BCUT2D eigenvalue weighted by atomic mass is 9.99. The highest BCUT2D eigenvalue weighted by Gasteiger charge is 2.28. The molecular formula is C15H24N2OS. The van der Waals surface area contributed by atoms with Crippen molar-refractivity contribution in [2.24, 2.45) is 11.7 Å². The topological polar surface area (TPSA) is 46.3 Å². The van der Waals surface area contributed by atoms with Crippen molar-refractivity contribution in [1.29, 1.82) is 0 Å². The van der Waals surface area contributed by atoms with E-state index in [2.05, 4.69) is 25.3 Å². The molecular weight excluding hydrogens is 256 g/mol. The fraction of sp³-hybridized carbons (Fsp3) is 0.667. The van der Waals surface area contributed by atoms with Gasteiger partial charge in [-0.3, -0.25) is 4.79 Å². The molecule has 2 N–H and O–H groups in total. The molecule has 0 radical (unpaired) electrons. The summed E-state index contributed by atoms with van der Waals surface area (Å²) in [6.07, 6.45) is 3.97. The van der Waals surface area contributed by atoms with Gasteiger partial charge < -0.3 is 10.6 Å². The van der Waals surface area contributed by atoms with Gasteiger partial charge in [-0.25, -0.2) is 0 Å². The number of nitrogens with zero attached hydrogens (tertiary/aromatic N) is 1. The fourth-order valence-corrected chi connectivity index (χ4v) is 3.49. The molecule has 1 amide bonds. The van der Waals surface area contributed by atoms with Gasteiger partial charge in [0.25, 0.3) is 0 Å². The van der Waals surface area contributed by atoms with Crippen LogP contribution in [0.1, 0.15) is 44.4 Å². The number of nitrogens with two attached hydrogens (primary N) is 1. The molecule has 0 spiro atoms. The van der Waals surface area contributed by atoms with Crippen LogP contribution in [-0.4, -0.2) is 22.9 Å². The smallest absolute Gasteiger partial charge is 0.223 e. The molecule has 19 heavy (non-hydrogen) atoms. The van der Waals surface area contributed by atoms with Crippen LogP contribution < -0.4 is 5.73 Å². The normalized spacial score (nSPS) is 22.9. The van der Waals surface area contributed by atoms with Crippen molar-refractivity contribution >= 4 is 17.2 Å². The molecule has 4 heteroatoms. The maximum Gasteiger partial charge on any atom is 0.223 e. The number of carbonyl (C=O) groups is 1. The molecule has 1 aliphatic rings. The Bertz CT molecular complexity index is 402. The van der Waals surface area contributed by atoms with Gasteiger partial charge in [0.05, 0.1) is 6.54 Å². The zero-order valence-corrected chi connectivity index (χ0v) is 12.7. The van der Waals surface area contributed by atoms with Crippen LogP contribution in [-0.2, 0) is 11.3 Å². The third kappa shape index (κ3) is 3.80. The van der Waals surface area contributed by atoms with E-state index in [-0.39, 0.29) is 18.0 Å². The Morgan fingerprint density at radius 1 is 1.53 bits per heavy atom. The quantitative estimate of drug-likeness (QED) is 0.901. The van der Waals surface area contributed by atoms with Gasteiger partial charge in [0, 0.05) is 23.4 Å². The van der Waals surface area contributed by atoms with E-state index in [0.29, 0.717) is 12.3 Å². The Hall–Kier alpha value is -0.870. The van der Waals surface area contributed by atoms with Crippen LogP contribution in [0.25, 0.3) is 0 Å². The molecule has 0 saturated heterocycles. The number of rotatable bonds is 5. The van der Waals surface area contributed by atoms with E-state index < -0.39 is 0 Å². The van der Waals surface area contributed by atoms with Gasteiger partial charge in [-0.2, -0.15) is 0 Å². The highest BCUT2D eigenvalue weighted by atomic mass is 32.1. The van der Waals surface area contributed by atoms with E-state index in [1.165, 1.54) is 11.3 Å². The van der Waals surface area contributed by atoms with Crippen molar-refractivity contribution in [3.05, 3.63) is 22.4 Å². The summed E-state index contributed by atoms with van der Waals surface area (Å²) < 4.78 is 0. The summed E-state index contributed by atoms with van der Waals surface area (Å²) in [5.41, 5.74) is 6.07. The second-order valence-electron chi connectivity index (χ2n) is 5.75. The van der Waals surface area contributed by atoms with E-state index in [0.717, 1.165) is 19.4 Å². The number of hydrogen-bond donors (Lipinski definition) is 1. The van der Waals surface area contributed by atoms with Crippen LogP contribution in [0, 0.1) is 5.92 Å². The van der Waals surface area contributed by atoms with Gasteiger partial charge in [0.15, 0.2) is 0 Å². The van der Waals surface area contributed by atoms with Gasteiger partial charge in [-0.05, 0) is 44.1 Å². The van der Waals surface area contributed by atoms with Crippen molar-refractivity contribution in [2.45, 2.75) is 58.2 Å². The minimum absolute atomic E-state index is 0.222. The number of hydrogen-bond acceptors (Lipinski definition) is 3. The molecule has 3 nitrogen and oxygen atoms in total. The average Bonchev–Trinajstić information content (AvgIpc) is 2.98. The number of thiophene rings is 1. The number of carbonyl (C=O) groups excluding carboxylic acids is 1. The second-order valence-corrected chi connectivity index (χ2v) is 6.79. The molecule has 106 valence electrons. The summed E-state index contributed by atoms with van der Waals surface area (Å²) in [5.74, 6) is 0.642. The molecule has 1 fully saturated rings. The number of amides is 1. The Morgan fingerprint density at radius 2 is 2.32 bits per heavy atom. The van der Waals surface area contributed by atoms with Gasteiger partial charge >= 0.3 is 0 Å². The Labute approximate surface area is 119 Å². The third-order valence-electron chi connectivity index (χ3n) is 4.00. The van der Waals surface area contributed by atoms with E-state index >= 15 is 0 Å². The van der Waals surface area contributed by atoms with Crippen LogP contribution in [0.5, 0.6) is 0 Å². The molecule has 2 rings (SSSR count). The van der Waals surface area contributed by atoms with E-state index in [1.807, 2.05) is 11.0 Å². The summed E-state index contributed by atoms with van der Waals surface area (Å²) in [6, 6.07) is 4.59. The molecule has 1 aromatic rings. The zero-order valence-electron chi connectivity index (χ0n) is 11.8. The first-order valence-electron chi connectivity index (χ1n) is 7.15. The van der Waals surface area contributed by atoms with Crippen molar-refractivity contribution in [1.82, 2.24) is 4.90 Å². The summed E-state index contributed by atoms with van der Waals surface area (Å²) in [5, 5.41) is 2.06. The summed E-state index contributed by atoms with van der Waals surface area (Å²) in [7, 11) is 0. The van der Waals surface area contributed by atoms with Gasteiger partial charge in [-0.15, -0.1) is 11.3 Å². The molecule has 1 aromatic heterocycles. The van der Waals surface area contributed by atoms with Crippen molar-refractivity contribution in [3.63, 3.8) is 0 Å². The van der Waals surface area contributed by atoms with E-state index in [1.54, 1.807) is 11.3 Å². The molecule has 1 saturated carbocycles. The molecule has 1 heterocycles. The standard InChI is InChI=1S/C15H24N2OS/c1-11(2)17(10-13-6-4-8-19-13)15(18)9-12-5-3-7-14(12)16/h4,6,8,11-12,14H,3,5,7,9-10,16H2,1-2H3/t12-,14+/m0/s1. The molecule has 0 aromatic carbocycles. The lowest BCUT2D eigenvalue weighted by Crippen LogP contribution is -2.38. The summed E-state index contributed by atoms with van der Waals surface area (Å²) in [6.45, 7) is 4.90. The Kier molecular flexibility index (Phi) is 4.99. The highest BCUT2D eigenvalue weighted by molar-refractivity contribution is 7.09. The molecule has 2 atom stereocenters. The average molecular weight is 280 g/mol. The predicted molar refractivity (Wildman–Crippen MR) is 79.9 cm³/mol. The van der Waals surface area contributed by atoms with Crippen molar-refractivity contribution in [2.75, 3.05) is 0 Å². The lowest BCUT2D eigenvalue weighted by molar-refractivity contribution is -0.134. The molecule has 1 aliphatic carbocycles. The predicted octanol–water partition coefficient (Wildman–Crippen LogP) is 3.00. The first-order valence-corrected chi connectivity index (χ1v) is 8.03. The molecule has 0 aliphatic heterocycles.